The van der Waals surface area contributed by atoms with E-state index in [1.54, 1.807) is 0 Å². The first-order valence-electron chi connectivity index (χ1n) is 6.62. The van der Waals surface area contributed by atoms with Crippen molar-refractivity contribution >= 4 is 28.2 Å². The van der Waals surface area contributed by atoms with E-state index in [4.69, 9.17) is 11.6 Å². The molecule has 1 aromatic carbocycles. The van der Waals surface area contributed by atoms with Crippen LogP contribution in [0.2, 0.25) is 5.15 Å². The van der Waals surface area contributed by atoms with Crippen molar-refractivity contribution in [2.75, 3.05) is 25.0 Å². The van der Waals surface area contributed by atoms with Crippen molar-refractivity contribution in [3.63, 3.8) is 0 Å². The van der Waals surface area contributed by atoms with Crippen LogP contribution in [-0.2, 0) is 0 Å². The molecule has 1 unspecified atom stereocenters. The fraction of sp³-hybridized carbons (Fsp3) is 0.429. The topological polar surface area (TPSA) is 32.3 Å². The quantitative estimate of drug-likeness (QED) is 0.798. The van der Waals surface area contributed by atoms with Crippen LogP contribution in [-0.4, -0.2) is 47.3 Å². The fourth-order valence-electron chi connectivity index (χ4n) is 3.39. The van der Waals surface area contributed by atoms with Crippen molar-refractivity contribution in [1.29, 1.82) is 0 Å². The van der Waals surface area contributed by atoms with Gasteiger partial charge in [-0.1, -0.05) is 35.9 Å². The van der Waals surface area contributed by atoms with Gasteiger partial charge in [-0.3, -0.25) is 4.90 Å². The van der Waals surface area contributed by atoms with E-state index in [1.807, 2.05) is 18.2 Å². The van der Waals surface area contributed by atoms with E-state index >= 15 is 0 Å². The Labute approximate surface area is 117 Å². The molecule has 4 rings (SSSR count). The van der Waals surface area contributed by atoms with E-state index in [1.165, 1.54) is 6.42 Å². The Morgan fingerprint density at radius 2 is 1.89 bits per heavy atom. The SMILES string of the molecule is CN1CC2C[C@H]1CN2c1nnc(Cl)c2ccccc12. The highest BCUT2D eigenvalue weighted by Gasteiger charge is 2.42. The molecule has 2 atom stereocenters. The number of anilines is 1. The van der Waals surface area contributed by atoms with Gasteiger partial charge in [-0.25, -0.2) is 0 Å². The van der Waals surface area contributed by atoms with Gasteiger partial charge in [0.2, 0.25) is 0 Å². The van der Waals surface area contributed by atoms with E-state index in [2.05, 4.69) is 33.1 Å². The van der Waals surface area contributed by atoms with Crippen LogP contribution < -0.4 is 4.90 Å². The first-order valence-corrected chi connectivity index (χ1v) is 6.99. The molecule has 0 aliphatic carbocycles. The molecule has 0 radical (unpaired) electrons. The van der Waals surface area contributed by atoms with E-state index in [9.17, 15) is 0 Å². The molecule has 2 saturated heterocycles. The first-order chi connectivity index (χ1) is 9.24. The highest BCUT2D eigenvalue weighted by atomic mass is 35.5. The van der Waals surface area contributed by atoms with Crippen molar-refractivity contribution < 1.29 is 0 Å². The molecule has 0 spiro atoms. The second-order valence-electron chi connectivity index (χ2n) is 5.50. The molecular weight excluding hydrogens is 260 g/mol. The van der Waals surface area contributed by atoms with Gasteiger partial charge in [-0.15, -0.1) is 10.2 Å². The molecule has 2 aliphatic heterocycles. The lowest BCUT2D eigenvalue weighted by molar-refractivity contribution is 0.292. The van der Waals surface area contributed by atoms with Crippen molar-refractivity contribution in [2.24, 2.45) is 0 Å². The van der Waals surface area contributed by atoms with Gasteiger partial charge >= 0.3 is 0 Å². The van der Waals surface area contributed by atoms with Crippen LogP contribution >= 0.6 is 11.6 Å². The Kier molecular flexibility index (Phi) is 2.44. The minimum absolute atomic E-state index is 0.487. The van der Waals surface area contributed by atoms with E-state index in [0.717, 1.165) is 29.7 Å². The lowest BCUT2D eigenvalue weighted by Gasteiger charge is -2.33. The summed E-state index contributed by atoms with van der Waals surface area (Å²) in [4.78, 5) is 4.84. The molecule has 2 aromatic rings. The minimum Gasteiger partial charge on any atom is -0.349 e. The predicted octanol–water partition coefficient (Wildman–Crippen LogP) is 2.18. The number of hydrogen-bond donors (Lipinski definition) is 0. The van der Waals surface area contributed by atoms with Crippen LogP contribution in [0.25, 0.3) is 10.8 Å². The van der Waals surface area contributed by atoms with E-state index < -0.39 is 0 Å². The van der Waals surface area contributed by atoms with Crippen LogP contribution in [0, 0.1) is 0 Å². The number of likely N-dealkylation sites (tertiary alicyclic amines) is 1. The molecule has 2 aliphatic rings. The molecule has 5 heteroatoms. The van der Waals surface area contributed by atoms with Crippen LogP contribution in [0.3, 0.4) is 0 Å². The van der Waals surface area contributed by atoms with Crippen LogP contribution in [0.4, 0.5) is 5.82 Å². The standard InChI is InChI=1S/C14H15ClN4/c1-18-7-10-6-9(18)8-19(10)14-12-5-3-2-4-11(12)13(15)16-17-14/h2-5,9-10H,6-8H2,1H3/t9-,10?/m0/s1. The average Bonchev–Trinajstić information content (AvgIpc) is 2.98. The van der Waals surface area contributed by atoms with Crippen LogP contribution in [0.1, 0.15) is 6.42 Å². The van der Waals surface area contributed by atoms with Crippen molar-refractivity contribution in [2.45, 2.75) is 18.5 Å². The summed E-state index contributed by atoms with van der Waals surface area (Å²) >= 11 is 6.14. The highest BCUT2D eigenvalue weighted by Crippen LogP contribution is 2.36. The van der Waals surface area contributed by atoms with Crippen LogP contribution in [0.15, 0.2) is 24.3 Å². The number of halogens is 1. The second kappa shape index (κ2) is 4.05. The number of likely N-dealkylation sites (N-methyl/N-ethyl adjacent to an activating group) is 1. The number of piperazine rings is 1. The maximum atomic E-state index is 6.14. The number of rotatable bonds is 1. The Hall–Kier alpha value is -1.39. The Morgan fingerprint density at radius 3 is 2.58 bits per heavy atom. The summed E-state index contributed by atoms with van der Waals surface area (Å²) in [6.07, 6.45) is 1.23. The summed E-state index contributed by atoms with van der Waals surface area (Å²) in [7, 11) is 2.20. The van der Waals surface area contributed by atoms with E-state index in [0.29, 0.717) is 17.2 Å². The average molecular weight is 275 g/mol. The van der Waals surface area contributed by atoms with Gasteiger partial charge in [0.25, 0.3) is 0 Å². The molecule has 98 valence electrons. The maximum absolute atomic E-state index is 6.14. The van der Waals surface area contributed by atoms with Gasteiger partial charge in [0.05, 0.1) is 0 Å². The molecule has 1 aromatic heterocycles. The summed E-state index contributed by atoms with van der Waals surface area (Å²) in [5, 5.41) is 11.1. The molecule has 4 nitrogen and oxygen atoms in total. The Balaban J connectivity index is 1.83. The third-order valence-corrected chi connectivity index (χ3v) is 4.69. The van der Waals surface area contributed by atoms with Gasteiger partial charge in [0, 0.05) is 35.9 Å². The zero-order chi connectivity index (χ0) is 13.0. The van der Waals surface area contributed by atoms with E-state index in [-0.39, 0.29) is 0 Å². The molecule has 2 bridgehead atoms. The highest BCUT2D eigenvalue weighted by molar-refractivity contribution is 6.34. The molecule has 2 fully saturated rings. The Bertz CT molecular complexity index is 642. The predicted molar refractivity (Wildman–Crippen MR) is 76.7 cm³/mol. The van der Waals surface area contributed by atoms with Gasteiger partial charge in [-0.05, 0) is 13.5 Å². The summed E-state index contributed by atoms with van der Waals surface area (Å²) in [6, 6.07) is 9.33. The van der Waals surface area contributed by atoms with Gasteiger partial charge in [-0.2, -0.15) is 0 Å². The summed E-state index contributed by atoms with van der Waals surface area (Å²) in [5.41, 5.74) is 0. The largest absolute Gasteiger partial charge is 0.349 e. The second-order valence-corrected chi connectivity index (χ2v) is 5.85. The molecular formula is C14H15ClN4. The lowest BCUT2D eigenvalue weighted by Crippen LogP contribution is -2.45. The number of fused-ring (bicyclic) bond motifs is 3. The van der Waals surface area contributed by atoms with Gasteiger partial charge < -0.3 is 4.90 Å². The normalized spacial score (nSPS) is 26.5. The molecule has 0 amide bonds. The third kappa shape index (κ3) is 1.63. The van der Waals surface area contributed by atoms with Gasteiger partial charge in [0.15, 0.2) is 11.0 Å². The smallest absolute Gasteiger partial charge is 0.159 e. The number of hydrogen-bond acceptors (Lipinski definition) is 4. The number of benzene rings is 1. The zero-order valence-electron chi connectivity index (χ0n) is 10.8. The molecule has 19 heavy (non-hydrogen) atoms. The van der Waals surface area contributed by atoms with Gasteiger partial charge in [0.1, 0.15) is 0 Å². The first kappa shape index (κ1) is 11.4. The molecule has 3 heterocycles. The van der Waals surface area contributed by atoms with Crippen molar-refractivity contribution in [3.05, 3.63) is 29.4 Å². The summed E-state index contributed by atoms with van der Waals surface area (Å²) < 4.78 is 0. The monoisotopic (exact) mass is 274 g/mol. The Morgan fingerprint density at radius 1 is 1.11 bits per heavy atom. The minimum atomic E-state index is 0.487. The summed E-state index contributed by atoms with van der Waals surface area (Å²) in [5.74, 6) is 0.987. The van der Waals surface area contributed by atoms with Crippen molar-refractivity contribution in [1.82, 2.24) is 15.1 Å². The number of aromatic nitrogens is 2. The molecule has 0 saturated carbocycles. The third-order valence-electron chi connectivity index (χ3n) is 4.41. The summed E-state index contributed by atoms with van der Waals surface area (Å²) in [6.45, 7) is 2.16. The molecule has 0 N–H and O–H groups in total. The fourth-order valence-corrected chi connectivity index (χ4v) is 3.60. The lowest BCUT2D eigenvalue weighted by atomic mass is 10.1. The zero-order valence-corrected chi connectivity index (χ0v) is 11.5. The number of nitrogens with zero attached hydrogens (tertiary/aromatic N) is 4. The van der Waals surface area contributed by atoms with Crippen LogP contribution in [0.5, 0.6) is 0 Å². The van der Waals surface area contributed by atoms with Crippen molar-refractivity contribution in [3.8, 4) is 0 Å². The maximum Gasteiger partial charge on any atom is 0.159 e.